The number of hydrazine groups is 1. The lowest BCUT2D eigenvalue weighted by molar-refractivity contribution is -0.384. The molecule has 3 fully saturated rings. The topological polar surface area (TPSA) is 134 Å². The molecule has 0 unspecified atom stereocenters. The summed E-state index contributed by atoms with van der Waals surface area (Å²) < 4.78 is 0. The van der Waals surface area contributed by atoms with Crippen LogP contribution in [0, 0.1) is 10.1 Å². The van der Waals surface area contributed by atoms with Crippen LogP contribution in [0.3, 0.4) is 0 Å². The third kappa shape index (κ3) is 3.25. The number of nitrogens with zero attached hydrogens (tertiary/aromatic N) is 2. The number of imide groups is 1. The molecule has 4 rings (SSSR count). The maximum absolute atomic E-state index is 12.7. The van der Waals surface area contributed by atoms with Gasteiger partial charge in [0.2, 0.25) is 0 Å². The Kier molecular flexibility index (Phi) is 4.40. The van der Waals surface area contributed by atoms with Crippen LogP contribution in [0.4, 0.5) is 16.2 Å². The van der Waals surface area contributed by atoms with E-state index in [0.717, 1.165) is 38.2 Å². The van der Waals surface area contributed by atoms with Crippen molar-refractivity contribution in [2.75, 3.05) is 5.32 Å². The van der Waals surface area contributed by atoms with Crippen LogP contribution in [0.25, 0.3) is 0 Å². The van der Waals surface area contributed by atoms with Gasteiger partial charge in [-0.1, -0.05) is 19.3 Å². The minimum Gasteiger partial charge on any atom is -0.377 e. The first-order chi connectivity index (χ1) is 13.4. The number of benzene rings is 1. The maximum Gasteiger partial charge on any atom is 0.344 e. The second-order valence-electron chi connectivity index (χ2n) is 7.56. The molecule has 3 N–H and O–H groups in total. The molecule has 1 spiro atoms. The summed E-state index contributed by atoms with van der Waals surface area (Å²) in [7, 11) is 0. The van der Waals surface area contributed by atoms with Crippen molar-refractivity contribution in [2.24, 2.45) is 0 Å². The van der Waals surface area contributed by atoms with Gasteiger partial charge in [-0.05, 0) is 37.8 Å². The largest absolute Gasteiger partial charge is 0.377 e. The Bertz CT molecular complexity index is 860. The smallest absolute Gasteiger partial charge is 0.344 e. The molecular weight excluding hydrogens is 366 g/mol. The van der Waals surface area contributed by atoms with E-state index in [1.807, 2.05) is 0 Å². The number of rotatable bonds is 5. The molecule has 10 heteroatoms. The second kappa shape index (κ2) is 6.77. The Morgan fingerprint density at radius 1 is 1.21 bits per heavy atom. The van der Waals surface area contributed by atoms with Crippen LogP contribution < -0.4 is 16.1 Å². The molecule has 1 aliphatic heterocycles. The lowest BCUT2D eigenvalue weighted by Gasteiger charge is -2.30. The SMILES string of the molecule is O=C(NN1C(=O)NC2(CCCCC2)C1=O)c1ccc(NC2CC2)c([N+](=O)[O-])c1. The maximum atomic E-state index is 12.7. The van der Waals surface area contributed by atoms with Gasteiger partial charge in [0.05, 0.1) is 4.92 Å². The minimum atomic E-state index is -0.952. The summed E-state index contributed by atoms with van der Waals surface area (Å²) >= 11 is 0. The van der Waals surface area contributed by atoms with E-state index in [9.17, 15) is 24.5 Å². The molecule has 1 aromatic carbocycles. The molecular formula is C18H21N5O5. The third-order valence-electron chi connectivity index (χ3n) is 5.48. The van der Waals surface area contributed by atoms with Gasteiger partial charge in [0.1, 0.15) is 11.2 Å². The number of carbonyl (C=O) groups is 3. The van der Waals surface area contributed by atoms with Gasteiger partial charge in [-0.15, -0.1) is 0 Å². The number of nitro benzene ring substituents is 1. The fraction of sp³-hybridized carbons (Fsp3) is 0.500. The van der Waals surface area contributed by atoms with Crippen LogP contribution in [0.1, 0.15) is 55.3 Å². The van der Waals surface area contributed by atoms with E-state index in [2.05, 4.69) is 16.1 Å². The summed E-state index contributed by atoms with van der Waals surface area (Å²) in [5.41, 5.74) is 1.47. The van der Waals surface area contributed by atoms with E-state index in [-0.39, 0.29) is 17.3 Å². The number of urea groups is 1. The zero-order valence-corrected chi connectivity index (χ0v) is 15.2. The quantitative estimate of drug-likeness (QED) is 0.402. The molecule has 0 radical (unpaired) electrons. The van der Waals surface area contributed by atoms with Crippen LogP contribution in [0.15, 0.2) is 18.2 Å². The van der Waals surface area contributed by atoms with Gasteiger partial charge in [0.25, 0.3) is 17.5 Å². The highest BCUT2D eigenvalue weighted by molar-refractivity contribution is 6.09. The number of nitro groups is 1. The Morgan fingerprint density at radius 2 is 1.93 bits per heavy atom. The number of anilines is 1. The van der Waals surface area contributed by atoms with Gasteiger partial charge in [0.15, 0.2) is 0 Å². The fourth-order valence-electron chi connectivity index (χ4n) is 3.78. The predicted molar refractivity (Wildman–Crippen MR) is 98.4 cm³/mol. The van der Waals surface area contributed by atoms with Crippen LogP contribution in [-0.2, 0) is 4.79 Å². The Balaban J connectivity index is 1.51. The average molecular weight is 387 g/mol. The number of amides is 4. The van der Waals surface area contributed by atoms with E-state index in [0.29, 0.717) is 23.5 Å². The predicted octanol–water partition coefficient (Wildman–Crippen LogP) is 2.07. The molecule has 0 atom stereocenters. The van der Waals surface area contributed by atoms with Crippen LogP contribution in [0.2, 0.25) is 0 Å². The zero-order chi connectivity index (χ0) is 19.9. The van der Waals surface area contributed by atoms with E-state index < -0.39 is 28.3 Å². The summed E-state index contributed by atoms with van der Waals surface area (Å²) in [6.07, 6.45) is 5.64. The van der Waals surface area contributed by atoms with Gasteiger partial charge in [-0.2, -0.15) is 5.01 Å². The fourth-order valence-corrected chi connectivity index (χ4v) is 3.78. The van der Waals surface area contributed by atoms with E-state index >= 15 is 0 Å². The summed E-state index contributed by atoms with van der Waals surface area (Å²) in [5.74, 6) is -1.23. The molecule has 3 aliphatic rings. The number of carbonyl (C=O) groups excluding carboxylic acids is 3. The molecule has 1 aromatic rings. The highest BCUT2D eigenvalue weighted by Gasteiger charge is 2.52. The lowest BCUT2D eigenvalue weighted by Crippen LogP contribution is -2.50. The second-order valence-corrected chi connectivity index (χ2v) is 7.56. The van der Waals surface area contributed by atoms with Crippen molar-refractivity contribution in [2.45, 2.75) is 56.5 Å². The first kappa shape index (κ1) is 18.2. The van der Waals surface area contributed by atoms with Crippen LogP contribution in [-0.4, -0.2) is 39.4 Å². The molecule has 4 amide bonds. The van der Waals surface area contributed by atoms with Gasteiger partial charge >= 0.3 is 6.03 Å². The van der Waals surface area contributed by atoms with Gasteiger partial charge in [-0.3, -0.25) is 25.1 Å². The van der Waals surface area contributed by atoms with Crippen molar-refractivity contribution in [1.82, 2.24) is 15.8 Å². The highest BCUT2D eigenvalue weighted by atomic mass is 16.6. The van der Waals surface area contributed by atoms with Crippen molar-refractivity contribution in [3.05, 3.63) is 33.9 Å². The molecule has 0 aromatic heterocycles. The lowest BCUT2D eigenvalue weighted by atomic mass is 9.82. The van der Waals surface area contributed by atoms with Crippen LogP contribution in [0.5, 0.6) is 0 Å². The van der Waals surface area contributed by atoms with Gasteiger partial charge in [-0.25, -0.2) is 4.79 Å². The average Bonchev–Trinajstić information content (AvgIpc) is 3.46. The minimum absolute atomic E-state index is 0.00163. The van der Waals surface area contributed by atoms with Crippen LogP contribution >= 0.6 is 0 Å². The Hall–Kier alpha value is -3.17. The molecule has 1 saturated heterocycles. The normalized spacial score (nSPS) is 20.8. The number of nitrogens with one attached hydrogen (secondary N) is 3. The van der Waals surface area contributed by atoms with Crippen molar-refractivity contribution >= 4 is 29.2 Å². The molecule has 2 saturated carbocycles. The molecule has 0 bridgehead atoms. The Morgan fingerprint density at radius 3 is 2.57 bits per heavy atom. The highest BCUT2D eigenvalue weighted by Crippen LogP contribution is 2.34. The first-order valence-electron chi connectivity index (χ1n) is 9.42. The molecule has 2 aliphatic carbocycles. The zero-order valence-electron chi connectivity index (χ0n) is 15.2. The molecule has 148 valence electrons. The van der Waals surface area contributed by atoms with E-state index in [1.54, 1.807) is 0 Å². The summed E-state index contributed by atoms with van der Waals surface area (Å²) in [5, 5.41) is 17.8. The summed E-state index contributed by atoms with van der Waals surface area (Å²) in [4.78, 5) is 48.3. The summed E-state index contributed by atoms with van der Waals surface area (Å²) in [6, 6.07) is 3.59. The van der Waals surface area contributed by atoms with Crippen molar-refractivity contribution in [3.63, 3.8) is 0 Å². The number of hydrogen-bond acceptors (Lipinski definition) is 6. The third-order valence-corrected chi connectivity index (χ3v) is 5.48. The standard InChI is InChI=1S/C18H21N5O5/c24-15(11-4-7-13(19-12-5-6-12)14(10-11)23(27)28)21-22-16(25)18(20-17(22)26)8-2-1-3-9-18/h4,7,10,12,19H,1-3,5-6,8-9H2,(H,20,26)(H,21,24). The van der Waals surface area contributed by atoms with Gasteiger partial charge in [0, 0.05) is 17.7 Å². The summed E-state index contributed by atoms with van der Waals surface area (Å²) in [6.45, 7) is 0. The monoisotopic (exact) mass is 387 g/mol. The van der Waals surface area contributed by atoms with E-state index in [1.165, 1.54) is 12.1 Å². The van der Waals surface area contributed by atoms with Crippen molar-refractivity contribution in [3.8, 4) is 0 Å². The molecule has 10 nitrogen and oxygen atoms in total. The van der Waals surface area contributed by atoms with Gasteiger partial charge < -0.3 is 10.6 Å². The Labute approximate surface area is 160 Å². The van der Waals surface area contributed by atoms with Crippen molar-refractivity contribution < 1.29 is 19.3 Å². The van der Waals surface area contributed by atoms with Crippen molar-refractivity contribution in [1.29, 1.82) is 0 Å². The molecule has 28 heavy (non-hydrogen) atoms. The van der Waals surface area contributed by atoms with E-state index in [4.69, 9.17) is 0 Å². The molecule has 1 heterocycles. The number of hydrogen-bond donors (Lipinski definition) is 3. The first-order valence-corrected chi connectivity index (χ1v) is 9.42.